The molecule has 5 nitrogen and oxygen atoms in total. The average molecular weight is 406 g/mol. The van der Waals surface area contributed by atoms with E-state index in [0.29, 0.717) is 10.6 Å². The Labute approximate surface area is 149 Å². The summed E-state index contributed by atoms with van der Waals surface area (Å²) in [5, 5.41) is 0. The maximum atomic E-state index is 13.5. The molecule has 0 aliphatic heterocycles. The van der Waals surface area contributed by atoms with Crippen LogP contribution in [0.15, 0.2) is 44.5 Å². The molecule has 0 radical (unpaired) electrons. The van der Waals surface area contributed by atoms with E-state index in [4.69, 9.17) is 4.42 Å². The molecule has 26 heavy (non-hydrogen) atoms. The van der Waals surface area contributed by atoms with E-state index in [-0.39, 0.29) is 22.7 Å². The molecule has 2 heterocycles. The molecule has 0 aliphatic carbocycles. The molecular weight excluding hydrogens is 396 g/mol. The highest BCUT2D eigenvalue weighted by Crippen LogP contribution is 2.34. The lowest BCUT2D eigenvalue weighted by atomic mass is 10.3. The minimum Gasteiger partial charge on any atom is -0.435 e. The topological polar surface area (TPSA) is 73.1 Å². The second kappa shape index (κ2) is 6.54. The molecule has 11 heteroatoms. The molecule has 2 aromatic heterocycles. The van der Waals surface area contributed by atoms with Crippen molar-refractivity contribution in [1.82, 2.24) is 9.97 Å². The van der Waals surface area contributed by atoms with Crippen molar-refractivity contribution in [3.05, 3.63) is 36.3 Å². The first-order valence-electron chi connectivity index (χ1n) is 7.15. The van der Waals surface area contributed by atoms with Crippen LogP contribution in [-0.4, -0.2) is 29.6 Å². The number of benzene rings is 1. The standard InChI is InChI=1S/C15H10F4N2O3S2/c1-2-25-11-5-6-12(16)21-13(11)14-20-9-7-8(3-4-10(9)24-14)26(22,23)15(17,18)19/h3-7H,2H2,1H3. The zero-order chi connectivity index (χ0) is 19.1. The van der Waals surface area contributed by atoms with Crippen LogP contribution in [0, 0.1) is 5.95 Å². The molecule has 138 valence electrons. The zero-order valence-corrected chi connectivity index (χ0v) is 14.7. The average Bonchev–Trinajstić information content (AvgIpc) is 2.98. The molecule has 3 rings (SSSR count). The number of hydrogen-bond acceptors (Lipinski definition) is 6. The Morgan fingerprint density at radius 3 is 2.54 bits per heavy atom. The Bertz CT molecular complexity index is 1080. The van der Waals surface area contributed by atoms with E-state index in [1.165, 1.54) is 17.8 Å². The quantitative estimate of drug-likeness (QED) is 0.363. The molecule has 0 saturated heterocycles. The molecule has 0 unspecified atom stereocenters. The van der Waals surface area contributed by atoms with Crippen molar-refractivity contribution in [2.75, 3.05) is 5.75 Å². The van der Waals surface area contributed by atoms with Crippen LogP contribution < -0.4 is 0 Å². The van der Waals surface area contributed by atoms with E-state index in [2.05, 4.69) is 9.97 Å². The van der Waals surface area contributed by atoms with Gasteiger partial charge in [-0.25, -0.2) is 18.4 Å². The fraction of sp³-hybridized carbons (Fsp3) is 0.200. The van der Waals surface area contributed by atoms with E-state index >= 15 is 0 Å². The van der Waals surface area contributed by atoms with Gasteiger partial charge in [0.2, 0.25) is 11.8 Å². The predicted octanol–water partition coefficient (Wildman–Crippen LogP) is 4.43. The van der Waals surface area contributed by atoms with Gasteiger partial charge in [0.1, 0.15) is 11.2 Å². The van der Waals surface area contributed by atoms with Crippen LogP contribution in [-0.2, 0) is 9.84 Å². The second-order valence-corrected chi connectivity index (χ2v) is 8.26. The summed E-state index contributed by atoms with van der Waals surface area (Å²) in [6, 6.07) is 5.26. The van der Waals surface area contributed by atoms with Gasteiger partial charge in [-0.3, -0.25) is 0 Å². The second-order valence-electron chi connectivity index (χ2n) is 5.01. The van der Waals surface area contributed by atoms with Crippen LogP contribution in [0.4, 0.5) is 17.6 Å². The Kier molecular flexibility index (Phi) is 4.69. The summed E-state index contributed by atoms with van der Waals surface area (Å²) in [6.45, 7) is 1.87. The zero-order valence-electron chi connectivity index (χ0n) is 13.0. The van der Waals surface area contributed by atoms with Crippen LogP contribution >= 0.6 is 11.8 Å². The van der Waals surface area contributed by atoms with E-state index in [9.17, 15) is 26.0 Å². The Morgan fingerprint density at radius 2 is 1.88 bits per heavy atom. The van der Waals surface area contributed by atoms with E-state index in [0.717, 1.165) is 24.3 Å². The van der Waals surface area contributed by atoms with Crippen LogP contribution in [0.25, 0.3) is 22.7 Å². The maximum absolute atomic E-state index is 13.5. The van der Waals surface area contributed by atoms with Gasteiger partial charge in [-0.15, -0.1) is 11.8 Å². The van der Waals surface area contributed by atoms with Crippen molar-refractivity contribution >= 4 is 32.7 Å². The van der Waals surface area contributed by atoms with Gasteiger partial charge in [-0.1, -0.05) is 6.92 Å². The van der Waals surface area contributed by atoms with Crippen molar-refractivity contribution in [1.29, 1.82) is 0 Å². The normalized spacial score (nSPS) is 12.7. The van der Waals surface area contributed by atoms with Gasteiger partial charge in [0.05, 0.1) is 4.90 Å². The summed E-state index contributed by atoms with van der Waals surface area (Å²) in [5.74, 6) is -0.228. The van der Waals surface area contributed by atoms with Gasteiger partial charge in [-0.2, -0.15) is 17.6 Å². The number of thioether (sulfide) groups is 1. The summed E-state index contributed by atoms with van der Waals surface area (Å²) < 4.78 is 80.0. The lowest BCUT2D eigenvalue weighted by molar-refractivity contribution is -0.0435. The molecule has 0 amide bonds. The Morgan fingerprint density at radius 1 is 1.15 bits per heavy atom. The lowest BCUT2D eigenvalue weighted by Gasteiger charge is -2.07. The van der Waals surface area contributed by atoms with Crippen molar-refractivity contribution in [3.8, 4) is 11.6 Å². The fourth-order valence-corrected chi connectivity index (χ4v) is 3.68. The number of rotatable bonds is 4. The molecule has 0 fully saturated rings. The maximum Gasteiger partial charge on any atom is 0.501 e. The molecule has 1 aromatic carbocycles. The minimum atomic E-state index is -5.51. The number of nitrogens with zero attached hydrogens (tertiary/aromatic N) is 2. The van der Waals surface area contributed by atoms with Gasteiger partial charge >= 0.3 is 5.51 Å². The summed E-state index contributed by atoms with van der Waals surface area (Å²) >= 11 is 1.35. The molecule has 0 bridgehead atoms. The predicted molar refractivity (Wildman–Crippen MR) is 86.8 cm³/mol. The van der Waals surface area contributed by atoms with Crippen molar-refractivity contribution in [2.45, 2.75) is 22.2 Å². The molecule has 0 aliphatic rings. The largest absolute Gasteiger partial charge is 0.501 e. The van der Waals surface area contributed by atoms with Crippen LogP contribution in [0.1, 0.15) is 6.92 Å². The smallest absolute Gasteiger partial charge is 0.435 e. The third-order valence-corrected chi connectivity index (χ3v) is 5.71. The van der Waals surface area contributed by atoms with Crippen LogP contribution in [0.3, 0.4) is 0 Å². The highest BCUT2D eigenvalue weighted by Gasteiger charge is 2.47. The number of aromatic nitrogens is 2. The molecule has 0 saturated carbocycles. The van der Waals surface area contributed by atoms with E-state index < -0.39 is 26.2 Å². The molecule has 0 N–H and O–H groups in total. The number of fused-ring (bicyclic) bond motifs is 1. The molecule has 0 spiro atoms. The highest BCUT2D eigenvalue weighted by atomic mass is 32.2. The first-order valence-corrected chi connectivity index (χ1v) is 9.62. The summed E-state index contributed by atoms with van der Waals surface area (Å²) in [7, 11) is -5.51. The van der Waals surface area contributed by atoms with Crippen molar-refractivity contribution in [2.24, 2.45) is 0 Å². The third kappa shape index (κ3) is 3.28. The Hall–Kier alpha value is -2.14. The number of hydrogen-bond donors (Lipinski definition) is 0. The van der Waals surface area contributed by atoms with Crippen LogP contribution in [0.2, 0.25) is 0 Å². The molecule has 3 aromatic rings. The SMILES string of the molecule is CCSc1ccc(F)nc1-c1nc2cc(S(=O)(=O)C(F)(F)F)ccc2o1. The number of oxazole rings is 1. The summed E-state index contributed by atoms with van der Waals surface area (Å²) in [5.41, 5.74) is -5.39. The monoisotopic (exact) mass is 406 g/mol. The number of pyridine rings is 1. The van der Waals surface area contributed by atoms with E-state index in [1.807, 2.05) is 6.92 Å². The highest BCUT2D eigenvalue weighted by molar-refractivity contribution is 7.99. The number of alkyl halides is 3. The minimum absolute atomic E-state index is 0.0552. The first kappa shape index (κ1) is 18.6. The van der Waals surface area contributed by atoms with Crippen LogP contribution in [0.5, 0.6) is 0 Å². The number of sulfone groups is 1. The molecular formula is C15H10F4N2O3S2. The lowest BCUT2D eigenvalue weighted by Crippen LogP contribution is -2.23. The Balaban J connectivity index is 2.14. The summed E-state index contributed by atoms with van der Waals surface area (Å²) in [6.07, 6.45) is 0. The van der Waals surface area contributed by atoms with Gasteiger partial charge in [0, 0.05) is 4.90 Å². The molecule has 0 atom stereocenters. The summed E-state index contributed by atoms with van der Waals surface area (Å²) in [4.78, 5) is 7.33. The van der Waals surface area contributed by atoms with Gasteiger partial charge < -0.3 is 4.42 Å². The van der Waals surface area contributed by atoms with Gasteiger partial charge in [0.25, 0.3) is 9.84 Å². The van der Waals surface area contributed by atoms with Gasteiger partial charge in [0.15, 0.2) is 5.58 Å². The van der Waals surface area contributed by atoms with Crippen molar-refractivity contribution in [3.63, 3.8) is 0 Å². The first-order chi connectivity index (χ1) is 12.1. The third-order valence-electron chi connectivity index (χ3n) is 3.30. The number of halogens is 4. The van der Waals surface area contributed by atoms with Gasteiger partial charge in [-0.05, 0) is 36.1 Å². The fourth-order valence-electron chi connectivity index (χ4n) is 2.16. The van der Waals surface area contributed by atoms with Crippen molar-refractivity contribution < 1.29 is 30.4 Å². The van der Waals surface area contributed by atoms with E-state index in [1.54, 1.807) is 0 Å².